The standard InChI is InChI=1S/C17H16N2O/c1-12(13-7-3-2-4-8-13)18-17(20)16-11-14-9-5-6-10-15(14)19-16/h2-12,19H,1H3,(H,18,20). The summed E-state index contributed by atoms with van der Waals surface area (Å²) in [6.07, 6.45) is 0. The maximum Gasteiger partial charge on any atom is 0.268 e. The molecular weight excluding hydrogens is 248 g/mol. The van der Waals surface area contributed by atoms with E-state index in [0.29, 0.717) is 5.69 Å². The van der Waals surface area contributed by atoms with Gasteiger partial charge in [0.15, 0.2) is 0 Å². The largest absolute Gasteiger partial charge is 0.351 e. The minimum atomic E-state index is -0.0856. The molecule has 0 radical (unpaired) electrons. The zero-order valence-corrected chi connectivity index (χ0v) is 11.3. The highest BCUT2D eigenvalue weighted by Crippen LogP contribution is 2.16. The van der Waals surface area contributed by atoms with E-state index < -0.39 is 0 Å². The van der Waals surface area contributed by atoms with Crippen LogP contribution in [0.5, 0.6) is 0 Å². The molecule has 2 N–H and O–H groups in total. The minimum absolute atomic E-state index is 0.0184. The van der Waals surface area contributed by atoms with Gasteiger partial charge in [-0.05, 0) is 24.6 Å². The number of hydrogen-bond donors (Lipinski definition) is 2. The summed E-state index contributed by atoms with van der Waals surface area (Å²) in [7, 11) is 0. The fourth-order valence-electron chi connectivity index (χ4n) is 2.30. The van der Waals surface area contributed by atoms with Crippen LogP contribution in [0, 0.1) is 0 Å². The fourth-order valence-corrected chi connectivity index (χ4v) is 2.30. The Morgan fingerprint density at radius 2 is 1.75 bits per heavy atom. The van der Waals surface area contributed by atoms with Crippen molar-refractivity contribution < 1.29 is 4.79 Å². The highest BCUT2D eigenvalue weighted by atomic mass is 16.1. The molecule has 3 rings (SSSR count). The van der Waals surface area contributed by atoms with Gasteiger partial charge in [-0.3, -0.25) is 4.79 Å². The second-order valence-electron chi connectivity index (χ2n) is 4.88. The lowest BCUT2D eigenvalue weighted by Gasteiger charge is -2.13. The van der Waals surface area contributed by atoms with Gasteiger partial charge in [0, 0.05) is 10.9 Å². The van der Waals surface area contributed by atoms with Crippen molar-refractivity contribution in [2.24, 2.45) is 0 Å². The Morgan fingerprint density at radius 3 is 2.50 bits per heavy atom. The van der Waals surface area contributed by atoms with Crippen molar-refractivity contribution in [3.05, 3.63) is 71.9 Å². The Hall–Kier alpha value is -2.55. The van der Waals surface area contributed by atoms with Crippen LogP contribution in [0.3, 0.4) is 0 Å². The van der Waals surface area contributed by atoms with E-state index in [0.717, 1.165) is 16.5 Å². The summed E-state index contributed by atoms with van der Waals surface area (Å²) < 4.78 is 0. The highest BCUT2D eigenvalue weighted by molar-refractivity contribution is 5.98. The molecule has 0 aliphatic heterocycles. The molecule has 20 heavy (non-hydrogen) atoms. The van der Waals surface area contributed by atoms with Crippen LogP contribution in [-0.4, -0.2) is 10.9 Å². The van der Waals surface area contributed by atoms with Crippen LogP contribution in [0.4, 0.5) is 0 Å². The number of amides is 1. The predicted molar refractivity (Wildman–Crippen MR) is 80.6 cm³/mol. The first-order valence-corrected chi connectivity index (χ1v) is 6.67. The van der Waals surface area contributed by atoms with Crippen LogP contribution in [0.1, 0.15) is 29.0 Å². The van der Waals surface area contributed by atoms with Gasteiger partial charge in [0.05, 0.1) is 6.04 Å². The number of rotatable bonds is 3. The van der Waals surface area contributed by atoms with Gasteiger partial charge in [-0.2, -0.15) is 0 Å². The third-order valence-corrected chi connectivity index (χ3v) is 3.42. The van der Waals surface area contributed by atoms with Crippen molar-refractivity contribution in [2.75, 3.05) is 0 Å². The van der Waals surface area contributed by atoms with Gasteiger partial charge >= 0.3 is 0 Å². The molecular formula is C17H16N2O. The molecule has 0 fully saturated rings. The first-order chi connectivity index (χ1) is 9.74. The molecule has 1 aromatic heterocycles. The second kappa shape index (κ2) is 5.21. The van der Waals surface area contributed by atoms with Gasteiger partial charge in [0.1, 0.15) is 5.69 Å². The number of carbonyl (C=O) groups excluding carboxylic acids is 1. The smallest absolute Gasteiger partial charge is 0.268 e. The first kappa shape index (κ1) is 12.5. The van der Waals surface area contributed by atoms with Gasteiger partial charge in [-0.1, -0.05) is 48.5 Å². The molecule has 2 aromatic carbocycles. The van der Waals surface area contributed by atoms with Crippen molar-refractivity contribution in [3.63, 3.8) is 0 Å². The lowest BCUT2D eigenvalue weighted by molar-refractivity contribution is 0.0935. The number of nitrogens with one attached hydrogen (secondary N) is 2. The summed E-state index contributed by atoms with van der Waals surface area (Å²) in [6.45, 7) is 1.98. The number of aromatic amines is 1. The number of para-hydroxylation sites is 1. The summed E-state index contributed by atoms with van der Waals surface area (Å²) in [5, 5.41) is 4.05. The number of aromatic nitrogens is 1. The van der Waals surface area contributed by atoms with Crippen molar-refractivity contribution in [3.8, 4) is 0 Å². The van der Waals surface area contributed by atoms with Crippen molar-refractivity contribution in [2.45, 2.75) is 13.0 Å². The van der Waals surface area contributed by atoms with E-state index in [-0.39, 0.29) is 11.9 Å². The summed E-state index contributed by atoms with van der Waals surface area (Å²) in [5.74, 6) is -0.0856. The number of carbonyl (C=O) groups is 1. The molecule has 100 valence electrons. The number of fused-ring (bicyclic) bond motifs is 1. The summed E-state index contributed by atoms with van der Waals surface area (Å²) in [4.78, 5) is 15.4. The molecule has 1 amide bonds. The monoisotopic (exact) mass is 264 g/mol. The molecule has 1 heterocycles. The highest BCUT2D eigenvalue weighted by Gasteiger charge is 2.13. The molecule has 3 nitrogen and oxygen atoms in total. The lowest BCUT2D eigenvalue weighted by Crippen LogP contribution is -2.26. The Labute approximate surface area is 117 Å². The summed E-state index contributed by atoms with van der Waals surface area (Å²) in [5.41, 5.74) is 2.66. The topological polar surface area (TPSA) is 44.9 Å². The van der Waals surface area contributed by atoms with Crippen LogP contribution < -0.4 is 5.32 Å². The van der Waals surface area contributed by atoms with E-state index in [1.807, 2.05) is 67.6 Å². The van der Waals surface area contributed by atoms with E-state index in [4.69, 9.17) is 0 Å². The van der Waals surface area contributed by atoms with E-state index in [9.17, 15) is 4.79 Å². The summed E-state index contributed by atoms with van der Waals surface area (Å²) >= 11 is 0. The minimum Gasteiger partial charge on any atom is -0.351 e. The maximum atomic E-state index is 12.3. The maximum absolute atomic E-state index is 12.3. The first-order valence-electron chi connectivity index (χ1n) is 6.67. The van der Waals surface area contributed by atoms with Gasteiger partial charge < -0.3 is 10.3 Å². The molecule has 0 bridgehead atoms. The van der Waals surface area contributed by atoms with Crippen molar-refractivity contribution >= 4 is 16.8 Å². The Kier molecular flexibility index (Phi) is 3.25. The van der Waals surface area contributed by atoms with Crippen LogP contribution >= 0.6 is 0 Å². The third kappa shape index (κ3) is 2.43. The van der Waals surface area contributed by atoms with Crippen LogP contribution in [-0.2, 0) is 0 Å². The van der Waals surface area contributed by atoms with E-state index in [2.05, 4.69) is 10.3 Å². The van der Waals surface area contributed by atoms with Gasteiger partial charge in [0.2, 0.25) is 0 Å². The quantitative estimate of drug-likeness (QED) is 0.745. The van der Waals surface area contributed by atoms with E-state index >= 15 is 0 Å². The Morgan fingerprint density at radius 1 is 1.05 bits per heavy atom. The summed E-state index contributed by atoms with van der Waals surface area (Å²) in [6, 6.07) is 19.7. The predicted octanol–water partition coefficient (Wildman–Crippen LogP) is 3.66. The molecule has 3 aromatic rings. The third-order valence-electron chi connectivity index (χ3n) is 3.42. The number of H-pyrrole nitrogens is 1. The molecule has 0 saturated carbocycles. The zero-order chi connectivity index (χ0) is 13.9. The van der Waals surface area contributed by atoms with Gasteiger partial charge in [0.25, 0.3) is 5.91 Å². The zero-order valence-electron chi connectivity index (χ0n) is 11.3. The Bertz CT molecular complexity index is 698. The molecule has 0 saturated heterocycles. The molecule has 1 unspecified atom stereocenters. The van der Waals surface area contributed by atoms with Gasteiger partial charge in [-0.15, -0.1) is 0 Å². The average molecular weight is 264 g/mol. The number of benzene rings is 2. The van der Waals surface area contributed by atoms with Crippen LogP contribution in [0.25, 0.3) is 10.9 Å². The molecule has 0 aliphatic carbocycles. The molecule has 0 spiro atoms. The van der Waals surface area contributed by atoms with E-state index in [1.165, 1.54) is 0 Å². The van der Waals surface area contributed by atoms with E-state index in [1.54, 1.807) is 0 Å². The fraction of sp³-hybridized carbons (Fsp3) is 0.118. The molecule has 1 atom stereocenters. The molecule has 3 heteroatoms. The number of hydrogen-bond acceptors (Lipinski definition) is 1. The Balaban J connectivity index is 1.79. The lowest BCUT2D eigenvalue weighted by atomic mass is 10.1. The normalized spacial score (nSPS) is 12.2. The SMILES string of the molecule is CC(NC(=O)c1cc2ccccc2[nH]1)c1ccccc1. The molecule has 0 aliphatic rings. The average Bonchev–Trinajstić information content (AvgIpc) is 2.92. The van der Waals surface area contributed by atoms with Crippen molar-refractivity contribution in [1.29, 1.82) is 0 Å². The van der Waals surface area contributed by atoms with Crippen LogP contribution in [0.15, 0.2) is 60.7 Å². The van der Waals surface area contributed by atoms with Crippen molar-refractivity contribution in [1.82, 2.24) is 10.3 Å². The van der Waals surface area contributed by atoms with Gasteiger partial charge in [-0.25, -0.2) is 0 Å². The van der Waals surface area contributed by atoms with Crippen LogP contribution in [0.2, 0.25) is 0 Å². The second-order valence-corrected chi connectivity index (χ2v) is 4.88.